The number of anilines is 1. The second-order valence-corrected chi connectivity index (χ2v) is 14.2. The molecule has 4 fully saturated rings. The number of rotatable bonds is 9. The molecule has 1 unspecified atom stereocenters. The van der Waals surface area contributed by atoms with Crippen LogP contribution in [0.25, 0.3) is 32.9 Å². The third-order valence-corrected chi connectivity index (χ3v) is 11.3. The number of hydrogen-bond acceptors (Lipinski definition) is 9. The van der Waals surface area contributed by atoms with Crippen molar-refractivity contribution < 1.29 is 28.1 Å². The fraction of sp³-hybridized carbons (Fsp3) is 0.500. The Labute approximate surface area is 284 Å². The highest BCUT2D eigenvalue weighted by atomic mass is 19.1. The SMILES string of the molecule is C/C=C1\CN2CCCC2(COc2nc(N3C[C@@H]4C[C@H](C3)[C@H](O)C4)c3cnc(-c4cc(OCOC)cc5ccc(F)c(CC)c45)c(F)c3n2)C1. The van der Waals surface area contributed by atoms with E-state index in [1.807, 2.05) is 6.92 Å². The number of methoxy groups -OCH3 is 1. The molecule has 1 saturated carbocycles. The van der Waals surface area contributed by atoms with Gasteiger partial charge in [-0.3, -0.25) is 9.88 Å². The van der Waals surface area contributed by atoms with Gasteiger partial charge in [0.1, 0.15) is 35.2 Å². The second kappa shape index (κ2) is 12.8. The number of nitrogens with zero attached hydrogens (tertiary/aromatic N) is 5. The van der Waals surface area contributed by atoms with Gasteiger partial charge in [-0.15, -0.1) is 0 Å². The molecule has 4 aromatic rings. The third-order valence-electron chi connectivity index (χ3n) is 11.3. The fourth-order valence-corrected chi connectivity index (χ4v) is 8.92. The van der Waals surface area contributed by atoms with Crippen molar-refractivity contribution in [1.29, 1.82) is 0 Å². The van der Waals surface area contributed by atoms with Crippen LogP contribution in [0.5, 0.6) is 11.8 Å². The van der Waals surface area contributed by atoms with Gasteiger partial charge in [0.25, 0.3) is 0 Å². The van der Waals surface area contributed by atoms with Crippen LogP contribution in [-0.2, 0) is 11.2 Å². The molecule has 3 saturated heterocycles. The summed E-state index contributed by atoms with van der Waals surface area (Å²) in [4.78, 5) is 19.0. The highest BCUT2D eigenvalue weighted by Crippen LogP contribution is 2.44. The summed E-state index contributed by atoms with van der Waals surface area (Å²) in [6.45, 7) is 7.64. The first kappa shape index (κ1) is 32.3. The van der Waals surface area contributed by atoms with Gasteiger partial charge in [-0.2, -0.15) is 9.97 Å². The van der Waals surface area contributed by atoms with Gasteiger partial charge in [0.15, 0.2) is 12.6 Å². The normalized spacial score (nSPS) is 26.0. The van der Waals surface area contributed by atoms with Crippen LogP contribution >= 0.6 is 0 Å². The summed E-state index contributed by atoms with van der Waals surface area (Å²) in [5, 5.41) is 12.4. The molecule has 4 atom stereocenters. The Hall–Kier alpha value is -3.93. The number of benzene rings is 2. The van der Waals surface area contributed by atoms with Crippen LogP contribution in [0.4, 0.5) is 14.6 Å². The van der Waals surface area contributed by atoms with Crippen molar-refractivity contribution in [2.24, 2.45) is 11.8 Å². The lowest BCUT2D eigenvalue weighted by Gasteiger charge is -2.34. The first-order valence-corrected chi connectivity index (χ1v) is 17.5. The van der Waals surface area contributed by atoms with Gasteiger partial charge in [-0.25, -0.2) is 8.78 Å². The van der Waals surface area contributed by atoms with Gasteiger partial charge in [0.2, 0.25) is 0 Å². The van der Waals surface area contributed by atoms with Crippen molar-refractivity contribution in [1.82, 2.24) is 19.9 Å². The van der Waals surface area contributed by atoms with Crippen LogP contribution in [0.15, 0.2) is 42.1 Å². The summed E-state index contributed by atoms with van der Waals surface area (Å²) in [7, 11) is 1.53. The van der Waals surface area contributed by atoms with Crippen molar-refractivity contribution >= 4 is 27.5 Å². The minimum Gasteiger partial charge on any atom is -0.468 e. The van der Waals surface area contributed by atoms with Crippen LogP contribution in [-0.4, -0.2) is 83.3 Å². The van der Waals surface area contributed by atoms with Gasteiger partial charge < -0.3 is 24.2 Å². The molecule has 4 aliphatic rings. The molecular weight excluding hydrogens is 628 g/mol. The average Bonchev–Trinajstić information content (AvgIpc) is 3.75. The Kier molecular flexibility index (Phi) is 8.40. The number of halogens is 2. The topological polar surface area (TPSA) is 93.1 Å². The number of piperidine rings is 1. The van der Waals surface area contributed by atoms with E-state index in [2.05, 4.69) is 27.8 Å². The number of aryl methyl sites for hydroxylation is 1. The lowest BCUT2D eigenvalue weighted by Crippen LogP contribution is -2.43. The maximum absolute atomic E-state index is 17.2. The smallest absolute Gasteiger partial charge is 0.319 e. The first-order chi connectivity index (χ1) is 23.8. The van der Waals surface area contributed by atoms with Crippen molar-refractivity contribution in [3.05, 3.63) is 59.3 Å². The molecule has 3 aliphatic heterocycles. The van der Waals surface area contributed by atoms with E-state index in [9.17, 15) is 5.11 Å². The van der Waals surface area contributed by atoms with E-state index in [0.29, 0.717) is 70.9 Å². The van der Waals surface area contributed by atoms with Crippen LogP contribution in [0.2, 0.25) is 0 Å². The largest absolute Gasteiger partial charge is 0.468 e. The molecule has 8 rings (SSSR count). The molecule has 0 spiro atoms. The molecule has 5 heterocycles. The van der Waals surface area contributed by atoms with E-state index < -0.39 is 5.82 Å². The zero-order valence-electron chi connectivity index (χ0n) is 28.3. The molecule has 0 radical (unpaired) electrons. The Morgan fingerprint density at radius 1 is 1.12 bits per heavy atom. The predicted molar refractivity (Wildman–Crippen MR) is 184 cm³/mol. The molecule has 0 amide bonds. The molecule has 1 aliphatic carbocycles. The zero-order valence-corrected chi connectivity index (χ0v) is 28.3. The second-order valence-electron chi connectivity index (χ2n) is 14.2. The maximum Gasteiger partial charge on any atom is 0.319 e. The summed E-state index contributed by atoms with van der Waals surface area (Å²) in [6.07, 6.45) is 8.65. The Morgan fingerprint density at radius 2 is 2.00 bits per heavy atom. The van der Waals surface area contributed by atoms with Gasteiger partial charge in [-0.05, 0) is 92.4 Å². The van der Waals surface area contributed by atoms with Gasteiger partial charge in [0.05, 0.1) is 17.0 Å². The molecule has 49 heavy (non-hydrogen) atoms. The number of aromatic nitrogens is 3. The molecule has 11 heteroatoms. The summed E-state index contributed by atoms with van der Waals surface area (Å²) < 4.78 is 49.8. The number of fused-ring (bicyclic) bond motifs is 5. The minimum atomic E-state index is -0.639. The molecule has 1 N–H and O–H groups in total. The molecular formula is C38H43F2N5O4. The summed E-state index contributed by atoms with van der Waals surface area (Å²) in [5.74, 6) is 0.459. The van der Waals surface area contributed by atoms with Crippen molar-refractivity contribution in [3.8, 4) is 23.0 Å². The zero-order chi connectivity index (χ0) is 33.9. The Balaban J connectivity index is 1.27. The maximum atomic E-state index is 17.2. The fourth-order valence-electron chi connectivity index (χ4n) is 8.92. The molecule has 9 nitrogen and oxygen atoms in total. The van der Waals surface area contributed by atoms with E-state index in [4.69, 9.17) is 24.2 Å². The number of pyridine rings is 1. The van der Waals surface area contributed by atoms with Crippen LogP contribution in [0.3, 0.4) is 0 Å². The van der Waals surface area contributed by atoms with Crippen LogP contribution in [0.1, 0.15) is 51.5 Å². The van der Waals surface area contributed by atoms with Crippen molar-refractivity contribution in [3.63, 3.8) is 0 Å². The molecule has 2 aromatic carbocycles. The monoisotopic (exact) mass is 671 g/mol. The summed E-state index contributed by atoms with van der Waals surface area (Å²) >= 11 is 0. The standard InChI is InChI=1S/C38H43F2N5O4/c1-4-22-15-38(9-6-10-45(38)18-22)20-48-37-42-35-29(36(43-37)44-17-23-11-25(19-44)31(46)12-23)16-41-34(33(35)40)28-14-26(49-21-47-3)13-24-7-8-30(39)27(5-2)32(24)28/h4,7-8,13-14,16,23,25,31,46H,5-6,9-12,15,17-21H2,1-3H3/b22-4-/t23-,25-,31-,38?/m1/s1. The Morgan fingerprint density at radius 3 is 2.80 bits per heavy atom. The van der Waals surface area contributed by atoms with E-state index in [1.165, 1.54) is 18.7 Å². The third kappa shape index (κ3) is 5.60. The van der Waals surface area contributed by atoms with E-state index >= 15 is 8.78 Å². The number of hydrogen-bond donors (Lipinski definition) is 1. The number of ether oxygens (including phenoxy) is 3. The number of allylic oxidation sites excluding steroid dienone is 1. The molecule has 2 bridgehead atoms. The Bertz CT molecular complexity index is 1950. The van der Waals surface area contributed by atoms with Gasteiger partial charge in [0, 0.05) is 44.4 Å². The highest BCUT2D eigenvalue weighted by Gasteiger charge is 2.47. The molecule has 258 valence electrons. The summed E-state index contributed by atoms with van der Waals surface area (Å²) in [6, 6.07) is 6.71. The van der Waals surface area contributed by atoms with E-state index in [-0.39, 0.29) is 47.4 Å². The van der Waals surface area contributed by atoms with Crippen molar-refractivity contribution in [2.45, 2.75) is 64.0 Å². The van der Waals surface area contributed by atoms with Crippen LogP contribution in [0, 0.1) is 23.5 Å². The molecule has 2 aromatic heterocycles. The highest BCUT2D eigenvalue weighted by molar-refractivity contribution is 6.01. The number of aliphatic hydroxyl groups is 1. The lowest BCUT2D eigenvalue weighted by molar-refractivity contribution is 0.0512. The van der Waals surface area contributed by atoms with E-state index in [1.54, 1.807) is 24.4 Å². The first-order valence-electron chi connectivity index (χ1n) is 17.5. The average molecular weight is 672 g/mol. The quantitative estimate of drug-likeness (QED) is 0.160. The predicted octanol–water partition coefficient (Wildman–Crippen LogP) is 6.44. The lowest BCUT2D eigenvalue weighted by atomic mass is 9.93. The summed E-state index contributed by atoms with van der Waals surface area (Å²) in [5.41, 5.74) is 2.29. The van der Waals surface area contributed by atoms with Gasteiger partial charge >= 0.3 is 6.01 Å². The van der Waals surface area contributed by atoms with Crippen LogP contribution < -0.4 is 14.4 Å². The number of aliphatic hydroxyl groups excluding tert-OH is 1. The van der Waals surface area contributed by atoms with Gasteiger partial charge in [-0.1, -0.05) is 24.6 Å². The van der Waals surface area contributed by atoms with Crippen molar-refractivity contribution in [2.75, 3.05) is 51.6 Å². The minimum absolute atomic E-state index is 0.00132. The van der Waals surface area contributed by atoms with E-state index in [0.717, 1.165) is 45.2 Å².